The Bertz CT molecular complexity index is 1330. The van der Waals surface area contributed by atoms with Gasteiger partial charge in [0.15, 0.2) is 0 Å². The van der Waals surface area contributed by atoms with Gasteiger partial charge in [0.2, 0.25) is 10.0 Å². The molecule has 1 fully saturated rings. The van der Waals surface area contributed by atoms with Crippen molar-refractivity contribution in [1.82, 2.24) is 8.28 Å². The van der Waals surface area contributed by atoms with Crippen LogP contribution < -0.4 is 0 Å². The maximum absolute atomic E-state index is 13.3. The van der Waals surface area contributed by atoms with E-state index >= 15 is 0 Å². The molecule has 0 aliphatic carbocycles. The van der Waals surface area contributed by atoms with E-state index in [0.29, 0.717) is 34.6 Å². The van der Waals surface area contributed by atoms with Crippen molar-refractivity contribution in [2.24, 2.45) is 0 Å². The maximum Gasteiger partial charge on any atom is 0.307 e. The zero-order valence-electron chi connectivity index (χ0n) is 16.1. The summed E-state index contributed by atoms with van der Waals surface area (Å²) in [5.74, 6) is -1.04. The molecule has 1 aliphatic heterocycles. The van der Waals surface area contributed by atoms with E-state index in [2.05, 4.69) is 0 Å². The molecule has 1 aliphatic rings. The fourth-order valence-electron chi connectivity index (χ4n) is 3.79. The molecule has 0 radical (unpaired) electrons. The van der Waals surface area contributed by atoms with Gasteiger partial charge in [0.05, 0.1) is 16.2 Å². The Morgan fingerprint density at radius 2 is 1.57 bits per heavy atom. The van der Waals surface area contributed by atoms with Crippen LogP contribution in [0.5, 0.6) is 0 Å². The van der Waals surface area contributed by atoms with Gasteiger partial charge in [-0.15, -0.1) is 11.3 Å². The topological polar surface area (TPSA) is 114 Å². The second-order valence-electron chi connectivity index (χ2n) is 7.13. The number of carboxylic acid groups (broad SMARTS) is 1. The van der Waals surface area contributed by atoms with E-state index in [-0.39, 0.29) is 16.2 Å². The first kappa shape index (κ1) is 21.0. The van der Waals surface area contributed by atoms with Crippen molar-refractivity contribution in [2.75, 3.05) is 13.1 Å². The van der Waals surface area contributed by atoms with E-state index in [1.807, 2.05) is 0 Å². The monoisotopic (exact) mass is 468 g/mol. The summed E-state index contributed by atoms with van der Waals surface area (Å²) in [6.07, 6.45) is 1.34. The number of thiophene rings is 1. The molecule has 2 aromatic heterocycles. The number of hydrogen-bond acceptors (Lipinski definition) is 6. The Kier molecular flexibility index (Phi) is 5.25. The molecule has 0 unspecified atom stereocenters. The second kappa shape index (κ2) is 7.49. The number of aromatic nitrogens is 1. The van der Waals surface area contributed by atoms with Crippen LogP contribution in [0.2, 0.25) is 0 Å². The second-order valence-corrected chi connectivity index (χ2v) is 11.7. The quantitative estimate of drug-likeness (QED) is 0.595. The molecule has 1 N–H and O–H groups in total. The first-order valence-electron chi connectivity index (χ1n) is 9.29. The third-order valence-electron chi connectivity index (χ3n) is 5.29. The first-order valence-corrected chi connectivity index (χ1v) is 13.0. The van der Waals surface area contributed by atoms with Crippen LogP contribution in [0.4, 0.5) is 0 Å². The average molecular weight is 469 g/mol. The minimum atomic E-state index is -4.04. The lowest BCUT2D eigenvalue weighted by Crippen LogP contribution is -2.27. The molecule has 1 saturated heterocycles. The fraction of sp³-hybridized carbons (Fsp3) is 0.316. The highest BCUT2D eigenvalue weighted by atomic mass is 32.2. The first-order chi connectivity index (χ1) is 14.1. The summed E-state index contributed by atoms with van der Waals surface area (Å²) in [6.45, 7) is 2.51. The van der Waals surface area contributed by atoms with Crippen molar-refractivity contribution in [3.05, 3.63) is 47.0 Å². The molecule has 30 heavy (non-hydrogen) atoms. The van der Waals surface area contributed by atoms with E-state index in [0.717, 1.165) is 16.8 Å². The molecular formula is C19H20N2O6S3. The van der Waals surface area contributed by atoms with Crippen molar-refractivity contribution in [3.8, 4) is 0 Å². The Labute approximate surface area is 178 Å². The number of nitrogens with zero attached hydrogens (tertiary/aromatic N) is 2. The lowest BCUT2D eigenvalue weighted by atomic mass is 10.1. The molecule has 4 rings (SSSR count). The molecule has 3 heterocycles. The minimum absolute atomic E-state index is 0.0559. The van der Waals surface area contributed by atoms with Gasteiger partial charge in [-0.2, -0.15) is 4.31 Å². The number of sulfonamides is 1. The summed E-state index contributed by atoms with van der Waals surface area (Å²) in [6, 6.07) is 6.90. The lowest BCUT2D eigenvalue weighted by Gasteiger charge is -2.16. The highest BCUT2D eigenvalue weighted by molar-refractivity contribution is 7.90. The highest BCUT2D eigenvalue weighted by Gasteiger charge is 2.29. The van der Waals surface area contributed by atoms with Crippen LogP contribution in [-0.2, 0) is 31.3 Å². The number of fused-ring (bicyclic) bond motifs is 1. The third-order valence-corrected chi connectivity index (χ3v) is 10.0. The summed E-state index contributed by atoms with van der Waals surface area (Å²) in [5.41, 5.74) is 0.795. The molecule has 1 aromatic carbocycles. The van der Waals surface area contributed by atoms with Gasteiger partial charge in [0.25, 0.3) is 10.0 Å². The molecule has 0 spiro atoms. The van der Waals surface area contributed by atoms with Gasteiger partial charge in [-0.25, -0.2) is 20.8 Å². The van der Waals surface area contributed by atoms with Crippen molar-refractivity contribution in [2.45, 2.75) is 36.0 Å². The SMILES string of the molecule is Cc1c(CC(=O)O)c2ccsc2n1S(=O)(=O)c1ccc(S(=O)(=O)N2CCCC2)cc1. The van der Waals surface area contributed by atoms with Crippen molar-refractivity contribution in [1.29, 1.82) is 0 Å². The number of aliphatic carboxylic acids is 1. The molecule has 0 atom stereocenters. The number of rotatable bonds is 6. The highest BCUT2D eigenvalue weighted by Crippen LogP contribution is 2.34. The van der Waals surface area contributed by atoms with Crippen LogP contribution in [-0.4, -0.2) is 49.3 Å². The summed E-state index contributed by atoms with van der Waals surface area (Å²) in [7, 11) is -7.68. The Morgan fingerprint density at radius 3 is 2.13 bits per heavy atom. The number of hydrogen-bond donors (Lipinski definition) is 1. The molecule has 0 saturated carbocycles. The number of carbonyl (C=O) groups is 1. The summed E-state index contributed by atoms with van der Waals surface area (Å²) < 4.78 is 54.6. The van der Waals surface area contributed by atoms with Gasteiger partial charge in [-0.1, -0.05) is 0 Å². The zero-order chi connectivity index (χ0) is 21.7. The standard InChI is InChI=1S/C19H20N2O6S3/c1-13-17(12-18(22)23)16-8-11-28-19(16)21(13)30(26,27)15-6-4-14(5-7-15)29(24,25)20-9-2-3-10-20/h4-8,11H,2-3,9-10,12H2,1H3,(H,22,23). The van der Waals surface area contributed by atoms with Gasteiger partial charge in [0.1, 0.15) is 4.83 Å². The normalized spacial score (nSPS) is 15.8. The minimum Gasteiger partial charge on any atom is -0.481 e. The third kappa shape index (κ3) is 3.35. The molecule has 0 bridgehead atoms. The van der Waals surface area contributed by atoms with Crippen molar-refractivity contribution in [3.63, 3.8) is 0 Å². The van der Waals surface area contributed by atoms with E-state index in [1.54, 1.807) is 18.4 Å². The van der Waals surface area contributed by atoms with Gasteiger partial charge in [-0.3, -0.25) is 4.79 Å². The van der Waals surface area contributed by atoms with Crippen LogP contribution in [0.1, 0.15) is 24.1 Å². The Balaban J connectivity index is 1.77. The summed E-state index contributed by atoms with van der Waals surface area (Å²) in [5, 5.41) is 11.5. The fourth-order valence-corrected chi connectivity index (χ4v) is 8.09. The van der Waals surface area contributed by atoms with Crippen molar-refractivity contribution < 1.29 is 26.7 Å². The summed E-state index contributed by atoms with van der Waals surface area (Å²) in [4.78, 5) is 11.7. The smallest absolute Gasteiger partial charge is 0.307 e. The molecule has 3 aromatic rings. The van der Waals surface area contributed by atoms with E-state index in [1.165, 1.54) is 39.9 Å². The molecule has 8 nitrogen and oxygen atoms in total. The average Bonchev–Trinajstić information content (AvgIpc) is 3.42. The molecule has 11 heteroatoms. The summed E-state index contributed by atoms with van der Waals surface area (Å²) >= 11 is 1.21. The van der Waals surface area contributed by atoms with Gasteiger partial charge in [-0.05, 0) is 61.0 Å². The Hall–Kier alpha value is -2.21. The largest absolute Gasteiger partial charge is 0.481 e. The van der Waals surface area contributed by atoms with E-state index in [4.69, 9.17) is 0 Å². The van der Waals surface area contributed by atoms with Crippen LogP contribution in [0, 0.1) is 6.92 Å². The van der Waals surface area contributed by atoms with Crippen LogP contribution in [0.25, 0.3) is 10.2 Å². The van der Waals surface area contributed by atoms with Crippen molar-refractivity contribution >= 4 is 47.6 Å². The lowest BCUT2D eigenvalue weighted by molar-refractivity contribution is -0.136. The number of carboxylic acids is 1. The predicted molar refractivity (Wildman–Crippen MR) is 113 cm³/mol. The predicted octanol–water partition coefficient (Wildman–Crippen LogP) is 2.66. The zero-order valence-corrected chi connectivity index (χ0v) is 18.6. The van der Waals surface area contributed by atoms with Crippen LogP contribution in [0.3, 0.4) is 0 Å². The molecular weight excluding hydrogens is 448 g/mol. The van der Waals surface area contributed by atoms with Gasteiger partial charge in [0, 0.05) is 24.2 Å². The van der Waals surface area contributed by atoms with Crippen LogP contribution in [0.15, 0.2) is 45.5 Å². The van der Waals surface area contributed by atoms with Crippen LogP contribution >= 0.6 is 11.3 Å². The van der Waals surface area contributed by atoms with Gasteiger partial charge >= 0.3 is 5.97 Å². The van der Waals surface area contributed by atoms with E-state index in [9.17, 15) is 26.7 Å². The Morgan fingerprint density at radius 1 is 1.00 bits per heavy atom. The molecule has 0 amide bonds. The maximum atomic E-state index is 13.3. The van der Waals surface area contributed by atoms with E-state index < -0.39 is 26.0 Å². The van der Waals surface area contributed by atoms with Gasteiger partial charge < -0.3 is 5.11 Å². The molecule has 160 valence electrons. The number of benzene rings is 1.